The number of para-hydroxylation sites is 1. The molecule has 1 atom stereocenters. The van der Waals surface area contributed by atoms with Crippen molar-refractivity contribution in [3.63, 3.8) is 0 Å². The molecular weight excluding hydrogens is 346 g/mol. The molecule has 1 N–H and O–H groups in total. The average Bonchev–Trinajstić information content (AvgIpc) is 3.06. The minimum atomic E-state index is -0.821. The number of nitrogens with one attached hydrogen (secondary N) is 1. The van der Waals surface area contributed by atoms with Crippen molar-refractivity contribution < 1.29 is 13.6 Å². The van der Waals surface area contributed by atoms with Crippen molar-refractivity contribution in [3.05, 3.63) is 66.5 Å². The zero-order valence-electron chi connectivity index (χ0n) is 13.2. The molecule has 25 heavy (non-hydrogen) atoms. The van der Waals surface area contributed by atoms with Gasteiger partial charge in [0, 0.05) is 11.8 Å². The molecule has 3 rings (SSSR count). The van der Waals surface area contributed by atoms with E-state index in [1.54, 1.807) is 17.8 Å². The van der Waals surface area contributed by atoms with E-state index in [9.17, 15) is 13.6 Å². The van der Waals surface area contributed by atoms with E-state index in [2.05, 4.69) is 15.5 Å². The Morgan fingerprint density at radius 2 is 1.96 bits per heavy atom. The van der Waals surface area contributed by atoms with Crippen molar-refractivity contribution in [1.29, 1.82) is 0 Å². The van der Waals surface area contributed by atoms with Crippen molar-refractivity contribution in [2.75, 3.05) is 5.32 Å². The number of carbonyl (C=O) groups excluding carboxylic acids is 1. The lowest BCUT2D eigenvalue weighted by atomic mass is 10.3. The summed E-state index contributed by atoms with van der Waals surface area (Å²) in [5.74, 6) is -1.94. The Hall–Kier alpha value is -2.74. The van der Waals surface area contributed by atoms with Crippen molar-refractivity contribution in [2.24, 2.45) is 0 Å². The largest absolute Gasteiger partial charge is 0.323 e. The number of aromatic nitrogens is 3. The molecule has 2 aromatic carbocycles. The summed E-state index contributed by atoms with van der Waals surface area (Å²) >= 11 is 1.19. The molecule has 128 valence electrons. The molecular formula is C17H14F2N4OS. The van der Waals surface area contributed by atoms with Gasteiger partial charge in [0.05, 0.1) is 10.9 Å². The first kappa shape index (κ1) is 17.1. The maximum absolute atomic E-state index is 13.6. The van der Waals surface area contributed by atoms with Gasteiger partial charge >= 0.3 is 0 Å². The number of benzene rings is 2. The number of hydrogen-bond acceptors (Lipinski definition) is 4. The van der Waals surface area contributed by atoms with Crippen LogP contribution in [0.4, 0.5) is 14.5 Å². The van der Waals surface area contributed by atoms with Gasteiger partial charge in [0.15, 0.2) is 5.16 Å². The van der Waals surface area contributed by atoms with Crippen LogP contribution in [0.5, 0.6) is 0 Å². The number of rotatable bonds is 5. The van der Waals surface area contributed by atoms with Gasteiger partial charge in [-0.25, -0.2) is 8.78 Å². The van der Waals surface area contributed by atoms with Gasteiger partial charge in [-0.05, 0) is 31.2 Å². The fraction of sp³-hybridized carbons (Fsp3) is 0.118. The molecule has 0 saturated heterocycles. The van der Waals surface area contributed by atoms with E-state index in [0.717, 1.165) is 17.8 Å². The summed E-state index contributed by atoms with van der Waals surface area (Å²) in [4.78, 5) is 12.3. The summed E-state index contributed by atoms with van der Waals surface area (Å²) in [5, 5.41) is 10.3. The number of thioether (sulfide) groups is 1. The van der Waals surface area contributed by atoms with Crippen LogP contribution in [0.2, 0.25) is 0 Å². The Morgan fingerprint density at radius 1 is 1.20 bits per heavy atom. The summed E-state index contributed by atoms with van der Waals surface area (Å²) < 4.78 is 28.3. The van der Waals surface area contributed by atoms with Crippen LogP contribution < -0.4 is 5.32 Å². The normalized spacial score (nSPS) is 12.0. The van der Waals surface area contributed by atoms with Gasteiger partial charge in [0.25, 0.3) is 0 Å². The zero-order chi connectivity index (χ0) is 17.8. The zero-order valence-corrected chi connectivity index (χ0v) is 14.0. The summed E-state index contributed by atoms with van der Waals surface area (Å²) in [7, 11) is 0. The standard InChI is InChI=1S/C17H14F2N4OS/c1-11(16(24)21-15-8-7-12(18)9-14(15)19)25-17-22-20-10-23(17)13-5-3-2-4-6-13/h2-11H,1H3,(H,21,24). The van der Waals surface area contributed by atoms with Crippen LogP contribution in [0.3, 0.4) is 0 Å². The minimum Gasteiger partial charge on any atom is -0.323 e. The summed E-state index contributed by atoms with van der Waals surface area (Å²) in [6.45, 7) is 1.67. The first-order valence-corrected chi connectivity index (χ1v) is 8.30. The van der Waals surface area contributed by atoms with Gasteiger partial charge in [-0.2, -0.15) is 0 Å². The van der Waals surface area contributed by atoms with Crippen molar-refractivity contribution in [3.8, 4) is 5.69 Å². The van der Waals surface area contributed by atoms with E-state index in [1.807, 2.05) is 30.3 Å². The molecule has 0 bridgehead atoms. The van der Waals surface area contributed by atoms with Crippen molar-refractivity contribution in [1.82, 2.24) is 14.8 Å². The maximum atomic E-state index is 13.6. The van der Waals surface area contributed by atoms with E-state index in [-0.39, 0.29) is 5.69 Å². The van der Waals surface area contributed by atoms with Gasteiger partial charge in [-0.1, -0.05) is 30.0 Å². The Bertz CT molecular complexity index is 885. The monoisotopic (exact) mass is 360 g/mol. The fourth-order valence-electron chi connectivity index (χ4n) is 2.11. The van der Waals surface area contributed by atoms with Crippen LogP contribution in [0, 0.1) is 11.6 Å². The Morgan fingerprint density at radius 3 is 2.68 bits per heavy atom. The number of halogens is 2. The average molecular weight is 360 g/mol. The van der Waals surface area contributed by atoms with Crippen LogP contribution in [0.15, 0.2) is 60.0 Å². The van der Waals surface area contributed by atoms with Crippen LogP contribution in [0.1, 0.15) is 6.92 Å². The van der Waals surface area contributed by atoms with Crippen LogP contribution >= 0.6 is 11.8 Å². The quantitative estimate of drug-likeness (QED) is 0.706. The maximum Gasteiger partial charge on any atom is 0.237 e. The van der Waals surface area contributed by atoms with Crippen LogP contribution in [-0.2, 0) is 4.79 Å². The van der Waals surface area contributed by atoms with Crippen LogP contribution in [0.25, 0.3) is 5.69 Å². The first-order valence-electron chi connectivity index (χ1n) is 7.42. The number of carbonyl (C=O) groups is 1. The van der Waals surface area contributed by atoms with E-state index in [0.29, 0.717) is 5.16 Å². The highest BCUT2D eigenvalue weighted by Gasteiger charge is 2.19. The molecule has 1 unspecified atom stereocenters. The topological polar surface area (TPSA) is 59.8 Å². The molecule has 0 fully saturated rings. The second-order valence-electron chi connectivity index (χ2n) is 5.19. The molecule has 0 aliphatic heterocycles. The van der Waals surface area contributed by atoms with E-state index < -0.39 is 22.8 Å². The number of nitrogens with zero attached hydrogens (tertiary/aromatic N) is 3. The highest BCUT2D eigenvalue weighted by molar-refractivity contribution is 8.00. The van der Waals surface area contributed by atoms with Gasteiger partial charge < -0.3 is 5.32 Å². The third-order valence-corrected chi connectivity index (χ3v) is 4.45. The summed E-state index contributed by atoms with van der Waals surface area (Å²) in [6, 6.07) is 12.5. The highest BCUT2D eigenvalue weighted by atomic mass is 32.2. The second kappa shape index (κ2) is 7.43. The highest BCUT2D eigenvalue weighted by Crippen LogP contribution is 2.25. The Kier molecular flexibility index (Phi) is 5.08. The van der Waals surface area contributed by atoms with Crippen LogP contribution in [-0.4, -0.2) is 25.9 Å². The molecule has 1 heterocycles. The third kappa shape index (κ3) is 4.03. The molecule has 1 aromatic heterocycles. The Balaban J connectivity index is 1.71. The summed E-state index contributed by atoms with van der Waals surface area (Å²) in [5.41, 5.74) is 0.801. The fourth-order valence-corrected chi connectivity index (χ4v) is 2.95. The molecule has 0 aliphatic carbocycles. The first-order chi connectivity index (χ1) is 12.0. The molecule has 0 saturated carbocycles. The van der Waals surface area contributed by atoms with E-state index in [1.165, 1.54) is 17.8 Å². The van der Waals surface area contributed by atoms with E-state index in [4.69, 9.17) is 0 Å². The molecule has 3 aromatic rings. The number of amides is 1. The molecule has 0 spiro atoms. The number of anilines is 1. The lowest BCUT2D eigenvalue weighted by Crippen LogP contribution is -2.23. The molecule has 8 heteroatoms. The molecule has 1 amide bonds. The van der Waals surface area contributed by atoms with Crippen molar-refractivity contribution in [2.45, 2.75) is 17.3 Å². The lowest BCUT2D eigenvalue weighted by molar-refractivity contribution is -0.115. The second-order valence-corrected chi connectivity index (χ2v) is 6.50. The summed E-state index contributed by atoms with van der Waals surface area (Å²) in [6.07, 6.45) is 1.56. The van der Waals surface area contributed by atoms with Crippen molar-refractivity contribution >= 4 is 23.4 Å². The Labute approximate surface area is 147 Å². The van der Waals surface area contributed by atoms with Gasteiger partial charge in [-0.15, -0.1) is 10.2 Å². The molecule has 0 aliphatic rings. The lowest BCUT2D eigenvalue weighted by Gasteiger charge is -2.13. The van der Waals surface area contributed by atoms with E-state index >= 15 is 0 Å². The predicted octanol–water partition coefficient (Wildman–Crippen LogP) is 3.66. The third-order valence-electron chi connectivity index (χ3n) is 3.39. The molecule has 0 radical (unpaired) electrons. The smallest absolute Gasteiger partial charge is 0.237 e. The number of hydrogen-bond donors (Lipinski definition) is 1. The van der Waals surface area contributed by atoms with Gasteiger partial charge in [-0.3, -0.25) is 9.36 Å². The van der Waals surface area contributed by atoms with Gasteiger partial charge in [0.2, 0.25) is 5.91 Å². The predicted molar refractivity (Wildman–Crippen MR) is 91.7 cm³/mol. The minimum absolute atomic E-state index is 0.0663. The molecule has 5 nitrogen and oxygen atoms in total. The SMILES string of the molecule is CC(Sc1nncn1-c1ccccc1)C(=O)Nc1ccc(F)cc1F. The van der Waals surface area contributed by atoms with Gasteiger partial charge in [0.1, 0.15) is 18.0 Å².